The number of carbonyl (C=O) groups excluding carboxylic acids is 8. The molecule has 5 heterocycles. The summed E-state index contributed by atoms with van der Waals surface area (Å²) >= 11 is 1.39. The zero-order valence-electron chi connectivity index (χ0n) is 81.0. The van der Waals surface area contributed by atoms with Crippen LogP contribution in [-0.4, -0.2) is 316 Å². The van der Waals surface area contributed by atoms with E-state index in [0.717, 1.165) is 76.2 Å². The number of imide groups is 1. The minimum absolute atomic E-state index is 0.00214. The van der Waals surface area contributed by atoms with Crippen LogP contribution in [0.2, 0.25) is 0 Å². The van der Waals surface area contributed by atoms with Crippen molar-refractivity contribution in [2.75, 3.05) is 207 Å². The normalized spacial score (nSPS) is 18.7. The number of benzene rings is 4. The van der Waals surface area contributed by atoms with Crippen LogP contribution < -0.4 is 42.0 Å². The predicted molar refractivity (Wildman–Crippen MR) is 520 cm³/mol. The number of nitrogens with two attached hydrogens (primary N) is 1. The van der Waals surface area contributed by atoms with E-state index in [9.17, 15) is 61.2 Å². The summed E-state index contributed by atoms with van der Waals surface area (Å²) in [6.07, 6.45) is 8.32. The number of aromatic carboxylic acids is 1. The van der Waals surface area contributed by atoms with Crippen molar-refractivity contribution in [3.8, 4) is 16.9 Å². The maximum atomic E-state index is 14.5. The van der Waals surface area contributed by atoms with Crippen LogP contribution in [0.5, 0.6) is 5.75 Å². The first kappa shape index (κ1) is 109. The molecule has 9 N–H and O–H groups in total. The number of fused-ring (bicyclic) bond motifs is 2. The van der Waals surface area contributed by atoms with Crippen LogP contribution >= 0.6 is 11.3 Å². The number of thiazole rings is 1. The highest BCUT2D eigenvalue weighted by molar-refractivity contribution is 7.85. The molecule has 768 valence electrons. The summed E-state index contributed by atoms with van der Waals surface area (Å²) in [6, 6.07) is 25.0. The molecule has 2 unspecified atom stereocenters. The first-order chi connectivity index (χ1) is 67.9. The molecule has 4 aromatic carbocycles. The fourth-order valence-corrected chi connectivity index (χ4v) is 21.0. The largest absolute Gasteiger partial charge is 0.491 e. The fraction of sp³-hybridized carbons (Fsp3) is 0.556. The highest BCUT2D eigenvalue weighted by atomic mass is 32.2. The first-order valence-electron chi connectivity index (χ1n) is 47.8. The molecule has 0 radical (unpaired) electrons. The molecule has 42 heteroatoms. The number of methoxy groups -OCH3 is 1. The Morgan fingerprint density at radius 1 is 0.617 bits per heavy atom. The van der Waals surface area contributed by atoms with Gasteiger partial charge in [0.15, 0.2) is 10.8 Å². The van der Waals surface area contributed by atoms with Crippen molar-refractivity contribution in [3.63, 3.8) is 0 Å². The number of nitrogens with zero attached hydrogens (tertiary/aromatic N) is 7. The van der Waals surface area contributed by atoms with Crippen molar-refractivity contribution in [1.82, 2.24) is 45.5 Å². The molecule has 40 nitrogen and oxygen atoms in total. The van der Waals surface area contributed by atoms with Gasteiger partial charge in [-0.05, 0) is 164 Å². The number of para-hydroxylation sites is 1. The Kier molecular flexibility index (Phi) is 41.1. The number of carbonyl (C=O) groups is 9. The van der Waals surface area contributed by atoms with Gasteiger partial charge in [0, 0.05) is 93.0 Å². The maximum absolute atomic E-state index is 14.5. The molecule has 4 bridgehead atoms. The van der Waals surface area contributed by atoms with Crippen LogP contribution in [0.3, 0.4) is 0 Å². The van der Waals surface area contributed by atoms with Crippen LogP contribution in [0.4, 0.5) is 26.2 Å². The Balaban J connectivity index is 0.565. The van der Waals surface area contributed by atoms with Crippen molar-refractivity contribution in [2.24, 2.45) is 27.9 Å². The van der Waals surface area contributed by atoms with E-state index in [1.165, 1.54) is 28.4 Å². The number of hydrogen-bond donors (Lipinski definition) is 8. The molecule has 4 saturated carbocycles. The molecular weight excluding hydrogens is 1870 g/mol. The van der Waals surface area contributed by atoms with Gasteiger partial charge in [-0.15, -0.1) is 0 Å². The van der Waals surface area contributed by atoms with Gasteiger partial charge in [0.1, 0.15) is 42.9 Å². The first-order valence-corrected chi connectivity index (χ1v) is 50.2. The quantitative estimate of drug-likeness (QED) is 0.0100. The van der Waals surface area contributed by atoms with E-state index in [4.69, 9.17) is 82.1 Å². The third kappa shape index (κ3) is 33.0. The Hall–Kier alpha value is -11.1. The summed E-state index contributed by atoms with van der Waals surface area (Å²) in [5.74, 6) is -5.74. The third-order valence-corrected chi connectivity index (χ3v) is 26.8. The number of rotatable bonds is 64. The molecule has 6 aliphatic rings. The van der Waals surface area contributed by atoms with E-state index in [1.54, 1.807) is 75.7 Å². The monoisotopic (exact) mass is 2000 g/mol. The van der Waals surface area contributed by atoms with Gasteiger partial charge in [0.05, 0.1) is 173 Å². The maximum Gasteiger partial charge on any atom is 0.410 e. The highest BCUT2D eigenvalue weighted by Gasteiger charge is 2.66. The number of nitrogens with one attached hydrogen (secondary N) is 5. The van der Waals surface area contributed by atoms with E-state index in [-0.39, 0.29) is 92.3 Å². The summed E-state index contributed by atoms with van der Waals surface area (Å²) in [5, 5.41) is 30.0. The second-order valence-corrected chi connectivity index (χ2v) is 39.5. The molecule has 141 heavy (non-hydrogen) atoms. The summed E-state index contributed by atoms with van der Waals surface area (Å²) < 4.78 is 116. The Labute approximate surface area is 824 Å². The second-order valence-electron chi connectivity index (χ2n) is 36.9. The van der Waals surface area contributed by atoms with Crippen molar-refractivity contribution in [3.05, 3.63) is 161 Å². The number of ether oxygens (including phenoxy) is 14. The van der Waals surface area contributed by atoms with E-state index in [0.29, 0.717) is 209 Å². The van der Waals surface area contributed by atoms with Gasteiger partial charge < -0.3 is 108 Å². The molecular formula is C99H133N13O27S2. The lowest BCUT2D eigenvalue weighted by molar-refractivity contribution is -0.248. The summed E-state index contributed by atoms with van der Waals surface area (Å²) in [4.78, 5) is 136. The van der Waals surface area contributed by atoms with Crippen LogP contribution in [-0.2, 0) is 128 Å². The minimum Gasteiger partial charge on any atom is -0.491 e. The Morgan fingerprint density at radius 2 is 1.20 bits per heavy atom. The van der Waals surface area contributed by atoms with Gasteiger partial charge >= 0.3 is 18.1 Å². The molecule has 0 spiro atoms. The molecule has 3 aromatic heterocycles. The lowest BCUT2D eigenvalue weighted by atomic mass is 9.39. The second kappa shape index (κ2) is 53.3. The molecule has 4 fully saturated rings. The molecule has 9 amide bonds. The molecule has 5 atom stereocenters. The molecule has 13 rings (SSSR count). The third-order valence-electron chi connectivity index (χ3n) is 25.1. The average Bonchev–Trinajstić information content (AvgIpc) is 1.05. The highest BCUT2D eigenvalue weighted by Crippen LogP contribution is 2.72. The van der Waals surface area contributed by atoms with Gasteiger partial charge in [-0.25, -0.2) is 24.4 Å². The zero-order valence-corrected chi connectivity index (χ0v) is 82.6. The van der Waals surface area contributed by atoms with Gasteiger partial charge in [-0.2, -0.15) is 13.5 Å². The van der Waals surface area contributed by atoms with Crippen LogP contribution in [0, 0.1) is 29.1 Å². The van der Waals surface area contributed by atoms with Crippen LogP contribution in [0.1, 0.15) is 128 Å². The predicted octanol–water partition coefficient (Wildman–Crippen LogP) is 8.78. The zero-order chi connectivity index (χ0) is 100. The van der Waals surface area contributed by atoms with E-state index in [1.807, 2.05) is 59.0 Å². The number of urea groups is 1. The van der Waals surface area contributed by atoms with Gasteiger partial charge in [0.2, 0.25) is 17.7 Å². The number of carboxylic acids is 1. The SMILES string of the molecule is COCCOCCOCCOCCOCCOCCOCCOCCOCCOCCOCCOc1ccc(C[C@@H](C(=O)N[C@H](C(=O)N[C@@H](CCCNC(N)=O)C(=O)Nc2ccc(COC(=O)N(CCOC34CC5(C)CC(C)(CC(Cn6ncc(-c7ccc(N8CCc9cccc(C(=O)Nc%10nc%11ccccc%11s%10)c9C8)nc7C(=O)O)c6C)(C5)C3)C4)CCS(=O)(=O)O)cc2)C(C)C)N2C(=O)C=CC2=O)cc1. The number of aromatic nitrogens is 4. The van der Waals surface area contributed by atoms with E-state index in [2.05, 4.69) is 45.4 Å². The summed E-state index contributed by atoms with van der Waals surface area (Å²) in [5.41, 5.74) is 10.1. The van der Waals surface area contributed by atoms with Crippen LogP contribution in [0.15, 0.2) is 121 Å². The molecule has 4 aliphatic carbocycles. The Bertz CT molecular complexity index is 5400. The van der Waals surface area contributed by atoms with Crippen molar-refractivity contribution < 1.29 is 128 Å². The fourth-order valence-electron chi connectivity index (χ4n) is 19.7. The standard InChI is InChI=1S/C99H133N13O27S2/c1-68(2)86(107-90(117)81(112-84(113)26-27-85(112)114)57-70-18-22-74(23-19-70)137-55-54-136-53-52-135-51-50-134-49-48-133-47-46-132-45-44-131-43-42-130-41-40-129-39-38-128-37-36-127-35-34-126-6)91(118)104-80(14-10-29-101-93(100)121)89(116)103-73-20-16-71(17-21-73)60-138-95(122)109(32-56-141(123,124)125)31-33-139-99-64-96(4)61-97(5,65-99)63-98(62-96,66-99)67-111-69(3)77(58-102-111)75-24-25-83(106-87(75)92(119)120)110-30-28-72-11-9-12-76(78(72)59-110)88(115)108-94-105-79-13-7-8-15-82(79)140-94/h7-9,11-13,15-27,58,68,80-81,86H,10,14,28-57,59-67H2,1-6H3,(H,103,116)(H,104,118)(H,107,117)(H,119,120)(H3,100,101,121)(H,105,108,115)(H,123,124,125)/t80-,81-,86-,96?,97?,98?,99?/m0/s1. The molecule has 0 saturated heterocycles. The smallest absolute Gasteiger partial charge is 0.410 e. The number of amides is 9. The number of primary amides is 1. The summed E-state index contributed by atoms with van der Waals surface area (Å²) in [6.45, 7) is 19.7. The minimum atomic E-state index is -4.56. The van der Waals surface area contributed by atoms with Gasteiger partial charge in [-0.1, -0.05) is 87.6 Å². The summed E-state index contributed by atoms with van der Waals surface area (Å²) in [7, 11) is -2.93. The number of pyridine rings is 1. The number of hydrogen-bond acceptors (Lipinski definition) is 30. The van der Waals surface area contributed by atoms with Crippen LogP contribution in [0.25, 0.3) is 21.3 Å². The molecule has 7 aromatic rings. The Morgan fingerprint density at radius 3 is 1.77 bits per heavy atom. The van der Waals surface area contributed by atoms with Crippen molar-refractivity contribution in [2.45, 2.75) is 142 Å². The van der Waals surface area contributed by atoms with Crippen molar-refractivity contribution in [1.29, 1.82) is 0 Å². The van der Waals surface area contributed by atoms with Crippen molar-refractivity contribution >= 4 is 102 Å². The molecule has 2 aliphatic heterocycles. The van der Waals surface area contributed by atoms with E-state index < -0.39 is 99.7 Å². The van der Waals surface area contributed by atoms with Gasteiger partial charge in [0.25, 0.3) is 27.8 Å². The number of carboxylic acid groups (broad SMARTS) is 1. The lowest BCUT2D eigenvalue weighted by Crippen LogP contribution is -2.64. The van der Waals surface area contributed by atoms with E-state index >= 15 is 0 Å². The average molecular weight is 2000 g/mol. The number of anilines is 3. The lowest BCUT2D eigenvalue weighted by Gasteiger charge is -2.69. The van der Waals surface area contributed by atoms with Gasteiger partial charge in [-0.3, -0.25) is 48.2 Å². The topological polar surface area (TPSA) is 497 Å².